The van der Waals surface area contributed by atoms with Crippen molar-refractivity contribution in [1.82, 2.24) is 15.1 Å². The first-order valence-corrected chi connectivity index (χ1v) is 7.42. The Labute approximate surface area is 112 Å². The molecule has 18 heavy (non-hydrogen) atoms. The number of rotatable bonds is 6. The Morgan fingerprint density at radius 2 is 2.17 bits per heavy atom. The van der Waals surface area contributed by atoms with Crippen LogP contribution in [0.4, 0.5) is 0 Å². The van der Waals surface area contributed by atoms with Crippen molar-refractivity contribution in [2.24, 2.45) is 5.92 Å². The minimum absolute atomic E-state index is 0.568. The van der Waals surface area contributed by atoms with E-state index in [1.165, 1.54) is 45.4 Å². The number of nitrogens with one attached hydrogen (secondary N) is 1. The number of nitrogens with zero attached hydrogens (tertiary/aromatic N) is 2. The average Bonchev–Trinajstić information content (AvgIpc) is 2.81. The number of likely N-dealkylation sites (tertiary alicyclic amines) is 1. The third-order valence-electron chi connectivity index (χ3n) is 4.27. The molecule has 2 aliphatic heterocycles. The highest BCUT2D eigenvalue weighted by Crippen LogP contribution is 2.18. The van der Waals surface area contributed by atoms with Gasteiger partial charge >= 0.3 is 0 Å². The Bertz CT molecular complexity index is 222. The summed E-state index contributed by atoms with van der Waals surface area (Å²) in [5, 5.41) is 3.52. The highest BCUT2D eigenvalue weighted by atomic mass is 16.5. The molecule has 2 heterocycles. The van der Waals surface area contributed by atoms with Crippen LogP contribution in [0.1, 0.15) is 19.3 Å². The topological polar surface area (TPSA) is 27.7 Å². The number of hydrogen-bond acceptors (Lipinski definition) is 4. The molecule has 106 valence electrons. The molecule has 0 spiro atoms. The van der Waals surface area contributed by atoms with E-state index in [2.05, 4.69) is 29.2 Å². The van der Waals surface area contributed by atoms with Gasteiger partial charge in [-0.2, -0.15) is 0 Å². The van der Waals surface area contributed by atoms with E-state index >= 15 is 0 Å². The largest absolute Gasteiger partial charge is 0.379 e. The van der Waals surface area contributed by atoms with Crippen LogP contribution in [0.15, 0.2) is 0 Å². The smallest absolute Gasteiger partial charge is 0.0620 e. The molecule has 0 amide bonds. The molecular weight excluding hydrogens is 226 g/mol. The maximum absolute atomic E-state index is 5.48. The molecule has 2 rings (SSSR count). The minimum atomic E-state index is 0.568. The van der Waals surface area contributed by atoms with Crippen molar-refractivity contribution < 1.29 is 4.74 Å². The SMILES string of the molecule is CN(CCC1CCN(C)C1)CCC1COCCN1. The number of morpholine rings is 1. The summed E-state index contributed by atoms with van der Waals surface area (Å²) in [4.78, 5) is 4.93. The van der Waals surface area contributed by atoms with Gasteiger partial charge in [-0.3, -0.25) is 0 Å². The molecule has 0 radical (unpaired) electrons. The van der Waals surface area contributed by atoms with Gasteiger partial charge in [0.25, 0.3) is 0 Å². The molecule has 2 saturated heterocycles. The van der Waals surface area contributed by atoms with E-state index < -0.39 is 0 Å². The third-order valence-corrected chi connectivity index (χ3v) is 4.27. The lowest BCUT2D eigenvalue weighted by Crippen LogP contribution is -2.43. The second-order valence-electron chi connectivity index (χ2n) is 6.02. The monoisotopic (exact) mass is 255 g/mol. The summed E-state index contributed by atoms with van der Waals surface area (Å²) >= 11 is 0. The summed E-state index contributed by atoms with van der Waals surface area (Å²) in [6, 6.07) is 0.568. The van der Waals surface area contributed by atoms with E-state index in [0.717, 1.165) is 25.7 Å². The molecule has 0 saturated carbocycles. The summed E-state index contributed by atoms with van der Waals surface area (Å²) < 4.78 is 5.48. The lowest BCUT2D eigenvalue weighted by atomic mass is 10.0. The van der Waals surface area contributed by atoms with E-state index in [1.54, 1.807) is 0 Å². The molecule has 4 nitrogen and oxygen atoms in total. The zero-order valence-electron chi connectivity index (χ0n) is 12.0. The molecule has 0 aromatic heterocycles. The lowest BCUT2D eigenvalue weighted by molar-refractivity contribution is 0.0708. The Kier molecular flexibility index (Phi) is 5.89. The zero-order chi connectivity index (χ0) is 12.8. The molecular formula is C14H29N3O. The van der Waals surface area contributed by atoms with Gasteiger partial charge in [0.1, 0.15) is 0 Å². The van der Waals surface area contributed by atoms with Crippen molar-refractivity contribution in [1.29, 1.82) is 0 Å². The highest BCUT2D eigenvalue weighted by Gasteiger charge is 2.19. The fourth-order valence-electron chi connectivity index (χ4n) is 2.96. The predicted molar refractivity (Wildman–Crippen MR) is 74.9 cm³/mol. The van der Waals surface area contributed by atoms with Gasteiger partial charge in [0, 0.05) is 19.1 Å². The van der Waals surface area contributed by atoms with Crippen molar-refractivity contribution in [2.75, 3.05) is 60.0 Å². The van der Waals surface area contributed by atoms with Crippen molar-refractivity contribution in [3.8, 4) is 0 Å². The van der Waals surface area contributed by atoms with E-state index in [9.17, 15) is 0 Å². The van der Waals surface area contributed by atoms with E-state index in [1.807, 2.05) is 0 Å². The molecule has 2 fully saturated rings. The van der Waals surface area contributed by atoms with Crippen LogP contribution in [-0.2, 0) is 4.74 Å². The standard InChI is InChI=1S/C14H29N3O/c1-16(7-3-13-4-8-17(2)11-13)9-5-14-12-18-10-6-15-14/h13-15H,3-12H2,1-2H3. The molecule has 1 N–H and O–H groups in total. The van der Waals surface area contributed by atoms with Crippen LogP contribution >= 0.6 is 0 Å². The summed E-state index contributed by atoms with van der Waals surface area (Å²) in [7, 11) is 4.49. The molecule has 0 bridgehead atoms. The van der Waals surface area contributed by atoms with Crippen LogP contribution in [-0.4, -0.2) is 75.9 Å². The maximum Gasteiger partial charge on any atom is 0.0620 e. The molecule has 0 aliphatic carbocycles. The first-order valence-electron chi connectivity index (χ1n) is 7.42. The minimum Gasteiger partial charge on any atom is -0.379 e. The average molecular weight is 255 g/mol. The Hall–Kier alpha value is -0.160. The Balaban J connectivity index is 1.53. The molecule has 4 heteroatoms. The van der Waals surface area contributed by atoms with Gasteiger partial charge in [-0.25, -0.2) is 0 Å². The summed E-state index contributed by atoms with van der Waals surface area (Å²) in [5.41, 5.74) is 0. The number of hydrogen-bond donors (Lipinski definition) is 1. The highest BCUT2D eigenvalue weighted by molar-refractivity contribution is 4.75. The molecule has 2 atom stereocenters. The van der Waals surface area contributed by atoms with Crippen LogP contribution in [0, 0.1) is 5.92 Å². The van der Waals surface area contributed by atoms with Crippen molar-refractivity contribution >= 4 is 0 Å². The Morgan fingerprint density at radius 1 is 1.33 bits per heavy atom. The van der Waals surface area contributed by atoms with Gasteiger partial charge in [0.2, 0.25) is 0 Å². The van der Waals surface area contributed by atoms with Gasteiger partial charge < -0.3 is 19.9 Å². The predicted octanol–water partition coefficient (Wildman–Crippen LogP) is 0.639. The van der Waals surface area contributed by atoms with Crippen molar-refractivity contribution in [2.45, 2.75) is 25.3 Å². The van der Waals surface area contributed by atoms with Crippen LogP contribution in [0.25, 0.3) is 0 Å². The normalized spacial score (nSPS) is 30.2. The summed E-state index contributed by atoms with van der Waals surface area (Å²) in [6.45, 7) is 7.80. The van der Waals surface area contributed by atoms with Crippen LogP contribution < -0.4 is 5.32 Å². The van der Waals surface area contributed by atoms with Crippen molar-refractivity contribution in [3.63, 3.8) is 0 Å². The van der Waals surface area contributed by atoms with Crippen molar-refractivity contribution in [3.05, 3.63) is 0 Å². The first kappa shape index (κ1) is 14.3. The fraction of sp³-hybridized carbons (Fsp3) is 1.00. The quantitative estimate of drug-likeness (QED) is 0.754. The summed E-state index contributed by atoms with van der Waals surface area (Å²) in [5.74, 6) is 0.925. The Morgan fingerprint density at radius 3 is 2.83 bits per heavy atom. The zero-order valence-corrected chi connectivity index (χ0v) is 12.0. The van der Waals surface area contributed by atoms with E-state index in [0.29, 0.717) is 6.04 Å². The fourth-order valence-corrected chi connectivity index (χ4v) is 2.96. The lowest BCUT2D eigenvalue weighted by Gasteiger charge is -2.26. The van der Waals surface area contributed by atoms with E-state index in [4.69, 9.17) is 4.74 Å². The molecule has 2 aliphatic rings. The molecule has 0 aromatic carbocycles. The van der Waals surface area contributed by atoms with Crippen LogP contribution in [0.2, 0.25) is 0 Å². The van der Waals surface area contributed by atoms with Gasteiger partial charge in [-0.15, -0.1) is 0 Å². The third kappa shape index (κ3) is 4.84. The van der Waals surface area contributed by atoms with E-state index in [-0.39, 0.29) is 0 Å². The first-order chi connectivity index (χ1) is 8.74. The van der Waals surface area contributed by atoms with Crippen LogP contribution in [0.5, 0.6) is 0 Å². The second-order valence-corrected chi connectivity index (χ2v) is 6.02. The summed E-state index contributed by atoms with van der Waals surface area (Å²) in [6.07, 6.45) is 3.96. The van der Waals surface area contributed by atoms with Crippen LogP contribution in [0.3, 0.4) is 0 Å². The second kappa shape index (κ2) is 7.43. The van der Waals surface area contributed by atoms with Gasteiger partial charge in [0.15, 0.2) is 0 Å². The maximum atomic E-state index is 5.48. The number of ether oxygens (including phenoxy) is 1. The van der Waals surface area contributed by atoms with Gasteiger partial charge in [0.05, 0.1) is 13.2 Å². The molecule has 0 aromatic rings. The van der Waals surface area contributed by atoms with Gasteiger partial charge in [-0.05, 0) is 58.9 Å². The molecule has 2 unspecified atom stereocenters. The van der Waals surface area contributed by atoms with Gasteiger partial charge in [-0.1, -0.05) is 0 Å².